The zero-order valence-electron chi connectivity index (χ0n) is 11.8. The summed E-state index contributed by atoms with van der Waals surface area (Å²) in [6.07, 6.45) is 1.55. The summed E-state index contributed by atoms with van der Waals surface area (Å²) in [5.74, 6) is 1.04. The zero-order chi connectivity index (χ0) is 14.8. The molecule has 1 saturated heterocycles. The number of aromatic nitrogens is 1. The Morgan fingerprint density at radius 2 is 2.35 bits per heavy atom. The Kier molecular flexibility index (Phi) is 4.08. The highest BCUT2D eigenvalue weighted by atomic mass is 16.6. The normalized spacial score (nSPS) is 22.1. The number of anilines is 2. The lowest BCUT2D eigenvalue weighted by molar-refractivity contribution is -0.384. The Balaban J connectivity index is 2.27. The predicted molar refractivity (Wildman–Crippen MR) is 77.1 cm³/mol. The average Bonchev–Trinajstić information content (AvgIpc) is 2.76. The number of nitrogens with one attached hydrogen (secondary N) is 1. The first-order valence-corrected chi connectivity index (χ1v) is 6.79. The molecule has 2 N–H and O–H groups in total. The molecule has 7 heteroatoms. The fourth-order valence-corrected chi connectivity index (χ4v) is 2.25. The van der Waals surface area contributed by atoms with Crippen LogP contribution in [0, 0.1) is 10.1 Å². The second-order valence-electron chi connectivity index (χ2n) is 5.42. The van der Waals surface area contributed by atoms with Gasteiger partial charge in [0.25, 0.3) is 5.69 Å². The van der Waals surface area contributed by atoms with E-state index in [1.54, 1.807) is 6.92 Å². The molecule has 110 valence electrons. The number of pyridine rings is 1. The van der Waals surface area contributed by atoms with Crippen molar-refractivity contribution in [1.82, 2.24) is 4.98 Å². The molecule has 20 heavy (non-hydrogen) atoms. The van der Waals surface area contributed by atoms with Gasteiger partial charge in [-0.1, -0.05) is 6.92 Å². The molecule has 0 aliphatic carbocycles. The minimum absolute atomic E-state index is 0.0140. The molecule has 0 amide bonds. The fraction of sp³-hybridized carbons (Fsp3) is 0.615. The van der Waals surface area contributed by atoms with Crippen LogP contribution in [0.15, 0.2) is 12.1 Å². The number of β-amino-alcohol motifs (C(OH)–C–C–N with tert-alkyl or cyclic N) is 1. The Morgan fingerprint density at radius 1 is 1.60 bits per heavy atom. The molecule has 1 aliphatic rings. The molecular weight excluding hydrogens is 260 g/mol. The summed E-state index contributed by atoms with van der Waals surface area (Å²) in [7, 11) is 0. The quantitative estimate of drug-likeness (QED) is 0.631. The molecular formula is C13H20N4O3. The van der Waals surface area contributed by atoms with E-state index in [9.17, 15) is 15.2 Å². The average molecular weight is 280 g/mol. The highest BCUT2D eigenvalue weighted by Gasteiger charge is 2.32. The lowest BCUT2D eigenvalue weighted by atomic mass is 10.1. The third-order valence-corrected chi connectivity index (χ3v) is 3.34. The van der Waals surface area contributed by atoms with Crippen LogP contribution in [0.25, 0.3) is 0 Å². The van der Waals surface area contributed by atoms with E-state index in [1.807, 2.05) is 11.8 Å². The molecule has 1 aliphatic heterocycles. The van der Waals surface area contributed by atoms with Crippen molar-refractivity contribution in [2.24, 2.45) is 0 Å². The fourth-order valence-electron chi connectivity index (χ4n) is 2.25. The Labute approximate surface area is 117 Å². The molecule has 2 heterocycles. The summed E-state index contributed by atoms with van der Waals surface area (Å²) in [5.41, 5.74) is -0.747. The molecule has 1 atom stereocenters. The lowest BCUT2D eigenvalue weighted by Gasteiger charge is -2.20. The minimum Gasteiger partial charge on any atom is -0.388 e. The molecule has 1 unspecified atom stereocenters. The first-order chi connectivity index (χ1) is 9.41. The molecule has 2 rings (SSSR count). The first-order valence-electron chi connectivity index (χ1n) is 6.79. The number of hydrogen-bond acceptors (Lipinski definition) is 6. The highest BCUT2D eigenvalue weighted by Crippen LogP contribution is 2.29. The van der Waals surface area contributed by atoms with Crippen molar-refractivity contribution >= 4 is 17.3 Å². The van der Waals surface area contributed by atoms with Crippen molar-refractivity contribution in [2.75, 3.05) is 29.9 Å². The Hall–Kier alpha value is -1.89. The van der Waals surface area contributed by atoms with Crippen molar-refractivity contribution < 1.29 is 10.0 Å². The molecule has 0 aromatic carbocycles. The van der Waals surface area contributed by atoms with Gasteiger partial charge in [-0.25, -0.2) is 4.98 Å². The van der Waals surface area contributed by atoms with Crippen LogP contribution in [0.4, 0.5) is 17.3 Å². The van der Waals surface area contributed by atoms with Gasteiger partial charge in [0.1, 0.15) is 11.6 Å². The standard InChI is InChI=1S/C13H20N4O3/c1-3-5-14-11-7-10(17(19)20)8-12(15-11)16-6-4-13(2,18)9-16/h7-8,18H,3-6,9H2,1-2H3,(H,14,15). The molecule has 0 saturated carbocycles. The van der Waals surface area contributed by atoms with Gasteiger partial charge in [-0.2, -0.15) is 0 Å². The van der Waals surface area contributed by atoms with E-state index < -0.39 is 10.5 Å². The number of aliphatic hydroxyl groups is 1. The van der Waals surface area contributed by atoms with Crippen molar-refractivity contribution in [3.05, 3.63) is 22.2 Å². The van der Waals surface area contributed by atoms with E-state index in [2.05, 4.69) is 10.3 Å². The summed E-state index contributed by atoms with van der Waals surface area (Å²) >= 11 is 0. The Morgan fingerprint density at radius 3 is 2.90 bits per heavy atom. The van der Waals surface area contributed by atoms with Crippen LogP contribution in [0.2, 0.25) is 0 Å². The van der Waals surface area contributed by atoms with E-state index >= 15 is 0 Å². The van der Waals surface area contributed by atoms with Crippen molar-refractivity contribution in [3.63, 3.8) is 0 Å². The molecule has 0 radical (unpaired) electrons. The van der Waals surface area contributed by atoms with Crippen LogP contribution in [0.5, 0.6) is 0 Å². The summed E-state index contributed by atoms with van der Waals surface area (Å²) in [6.45, 7) is 5.58. The molecule has 7 nitrogen and oxygen atoms in total. The van der Waals surface area contributed by atoms with Gasteiger partial charge < -0.3 is 15.3 Å². The number of rotatable bonds is 5. The van der Waals surface area contributed by atoms with Gasteiger partial charge >= 0.3 is 0 Å². The van der Waals surface area contributed by atoms with Gasteiger partial charge in [0.2, 0.25) is 0 Å². The number of hydrogen-bond donors (Lipinski definition) is 2. The van der Waals surface area contributed by atoms with Crippen molar-refractivity contribution in [2.45, 2.75) is 32.3 Å². The van der Waals surface area contributed by atoms with Crippen molar-refractivity contribution in [3.8, 4) is 0 Å². The van der Waals surface area contributed by atoms with E-state index in [1.165, 1.54) is 12.1 Å². The summed E-state index contributed by atoms with van der Waals surface area (Å²) in [5, 5.41) is 24.1. The van der Waals surface area contributed by atoms with Gasteiger partial charge in [0.15, 0.2) is 0 Å². The minimum atomic E-state index is -0.761. The Bertz CT molecular complexity index is 504. The summed E-state index contributed by atoms with van der Waals surface area (Å²) in [6, 6.07) is 2.89. The lowest BCUT2D eigenvalue weighted by Crippen LogP contribution is -2.30. The van der Waals surface area contributed by atoms with E-state index in [-0.39, 0.29) is 5.69 Å². The summed E-state index contributed by atoms with van der Waals surface area (Å²) in [4.78, 5) is 16.9. The molecule has 0 bridgehead atoms. The zero-order valence-corrected chi connectivity index (χ0v) is 11.8. The summed E-state index contributed by atoms with van der Waals surface area (Å²) < 4.78 is 0. The van der Waals surface area contributed by atoms with Crippen LogP contribution < -0.4 is 10.2 Å². The van der Waals surface area contributed by atoms with E-state index in [4.69, 9.17) is 0 Å². The third-order valence-electron chi connectivity index (χ3n) is 3.34. The third kappa shape index (κ3) is 3.36. The molecule has 1 aromatic heterocycles. The van der Waals surface area contributed by atoms with Crippen LogP contribution in [-0.4, -0.2) is 40.2 Å². The second-order valence-corrected chi connectivity index (χ2v) is 5.42. The van der Waals surface area contributed by atoms with Crippen LogP contribution in [0.3, 0.4) is 0 Å². The monoisotopic (exact) mass is 280 g/mol. The van der Waals surface area contributed by atoms with Gasteiger partial charge in [-0.3, -0.25) is 10.1 Å². The van der Waals surface area contributed by atoms with Crippen LogP contribution >= 0.6 is 0 Å². The maximum absolute atomic E-state index is 11.0. The topological polar surface area (TPSA) is 91.5 Å². The van der Waals surface area contributed by atoms with Crippen LogP contribution in [-0.2, 0) is 0 Å². The van der Waals surface area contributed by atoms with Gasteiger partial charge in [0.05, 0.1) is 22.7 Å². The maximum Gasteiger partial charge on any atom is 0.276 e. The van der Waals surface area contributed by atoms with Gasteiger partial charge in [-0.15, -0.1) is 0 Å². The largest absolute Gasteiger partial charge is 0.388 e. The van der Waals surface area contributed by atoms with E-state index in [0.717, 1.165) is 6.42 Å². The van der Waals surface area contributed by atoms with Crippen molar-refractivity contribution in [1.29, 1.82) is 0 Å². The van der Waals surface area contributed by atoms with Crippen LogP contribution in [0.1, 0.15) is 26.7 Å². The molecule has 1 fully saturated rings. The second kappa shape index (κ2) is 5.62. The smallest absolute Gasteiger partial charge is 0.276 e. The highest BCUT2D eigenvalue weighted by molar-refractivity contribution is 5.56. The number of nitro groups is 1. The van der Waals surface area contributed by atoms with Gasteiger partial charge in [-0.05, 0) is 19.8 Å². The maximum atomic E-state index is 11.0. The van der Waals surface area contributed by atoms with Gasteiger partial charge in [0, 0.05) is 19.6 Å². The molecule has 0 spiro atoms. The number of nitrogens with zero attached hydrogens (tertiary/aromatic N) is 3. The molecule has 1 aromatic rings. The first kappa shape index (κ1) is 14.5. The predicted octanol–water partition coefficient (Wildman–Crippen LogP) is 1.77. The van der Waals surface area contributed by atoms with E-state index in [0.29, 0.717) is 37.7 Å². The SMILES string of the molecule is CCCNc1cc([N+](=O)[O-])cc(N2CCC(C)(O)C2)n1.